The van der Waals surface area contributed by atoms with E-state index < -0.39 is 22.9 Å². The van der Waals surface area contributed by atoms with Gasteiger partial charge in [-0.05, 0) is 97.4 Å². The summed E-state index contributed by atoms with van der Waals surface area (Å²) < 4.78 is 11.5. The molecule has 4 fully saturated rings. The Labute approximate surface area is 245 Å². The molecule has 5 rings (SSSR count). The van der Waals surface area contributed by atoms with Gasteiger partial charge in [-0.15, -0.1) is 0 Å². The molecule has 41 heavy (non-hydrogen) atoms. The lowest BCUT2D eigenvalue weighted by Gasteiger charge is -2.70. The van der Waals surface area contributed by atoms with Crippen LogP contribution in [0.15, 0.2) is 11.6 Å². The van der Waals surface area contributed by atoms with Gasteiger partial charge < -0.3 is 14.6 Å². The molecule has 228 valence electrons. The van der Waals surface area contributed by atoms with Crippen molar-refractivity contribution in [3.63, 3.8) is 0 Å². The first-order valence-electron chi connectivity index (χ1n) is 15.7. The molecule has 0 aromatic carbocycles. The van der Waals surface area contributed by atoms with E-state index in [9.17, 15) is 24.3 Å². The van der Waals surface area contributed by atoms with Gasteiger partial charge in [0.05, 0.1) is 5.41 Å². The average Bonchev–Trinajstić information content (AvgIpc) is 2.85. The molecule has 0 saturated heterocycles. The number of carbonyl (C=O) groups excluding carboxylic acids is 3. The van der Waals surface area contributed by atoms with Gasteiger partial charge in [0.2, 0.25) is 0 Å². The van der Waals surface area contributed by atoms with Crippen LogP contribution in [0.1, 0.15) is 113 Å². The van der Waals surface area contributed by atoms with E-state index in [1.54, 1.807) is 0 Å². The lowest BCUT2D eigenvalue weighted by Crippen LogP contribution is -2.68. The molecule has 0 amide bonds. The first kappa shape index (κ1) is 30.3. The van der Waals surface area contributed by atoms with Crippen LogP contribution >= 0.6 is 0 Å². The summed E-state index contributed by atoms with van der Waals surface area (Å²) in [5, 5.41) is 10.6. The minimum Gasteiger partial charge on any atom is -0.481 e. The highest BCUT2D eigenvalue weighted by Crippen LogP contribution is 2.75. The van der Waals surface area contributed by atoms with Crippen LogP contribution in [0.5, 0.6) is 0 Å². The van der Waals surface area contributed by atoms with Crippen LogP contribution in [0.2, 0.25) is 0 Å². The van der Waals surface area contributed by atoms with Gasteiger partial charge in [0, 0.05) is 25.2 Å². The van der Waals surface area contributed by atoms with Crippen LogP contribution < -0.4 is 0 Å². The molecule has 0 aromatic heterocycles. The number of hydrogen-bond acceptors (Lipinski definition) is 6. The molecular formula is C34H50O7. The third-order valence-electron chi connectivity index (χ3n) is 13.4. The fourth-order valence-corrected chi connectivity index (χ4v) is 11.1. The number of aliphatic carboxylic acids is 1. The summed E-state index contributed by atoms with van der Waals surface area (Å²) in [6.07, 6.45) is 8.25. The molecular weight excluding hydrogens is 520 g/mol. The zero-order valence-electron chi connectivity index (χ0n) is 26.4. The quantitative estimate of drug-likeness (QED) is 0.383. The van der Waals surface area contributed by atoms with Crippen molar-refractivity contribution >= 4 is 23.7 Å². The van der Waals surface area contributed by atoms with Crippen molar-refractivity contribution in [3.05, 3.63) is 11.6 Å². The smallest absolute Gasteiger partial charge is 0.310 e. The fraction of sp³-hybridized carbons (Fsp3) is 0.824. The molecule has 0 heterocycles. The normalized spacial score (nSPS) is 46.5. The van der Waals surface area contributed by atoms with Crippen LogP contribution in [0.3, 0.4) is 0 Å². The number of esters is 2. The topological polar surface area (TPSA) is 107 Å². The van der Waals surface area contributed by atoms with Crippen molar-refractivity contribution in [1.29, 1.82) is 0 Å². The van der Waals surface area contributed by atoms with Crippen LogP contribution in [0.4, 0.5) is 0 Å². The van der Waals surface area contributed by atoms with Gasteiger partial charge in [-0.1, -0.05) is 47.1 Å². The number of fused-ring (bicyclic) bond motifs is 7. The SMILES string of the molecule is CC(=O)OC[C@@]1(C)[C@@H]2CC[C@]3(C)[C@H](C(=O)C=C4[C@@H]5CC(C)(C)CC[C@]5(C(=O)O)CC[C@]43C)[C@@]2(C)CC[C@@H]1OC(C)=O. The predicted octanol–water partition coefficient (Wildman–Crippen LogP) is 6.53. The zero-order chi connectivity index (χ0) is 30.4. The number of rotatable bonds is 4. The van der Waals surface area contributed by atoms with Gasteiger partial charge in [0.1, 0.15) is 12.7 Å². The molecule has 0 radical (unpaired) electrons. The summed E-state index contributed by atoms with van der Waals surface area (Å²) in [7, 11) is 0. The number of allylic oxidation sites excluding steroid dienone is 2. The number of carbonyl (C=O) groups is 4. The highest BCUT2D eigenvalue weighted by molar-refractivity contribution is 5.96. The van der Waals surface area contributed by atoms with Crippen molar-refractivity contribution in [2.75, 3.05) is 6.61 Å². The van der Waals surface area contributed by atoms with Crippen LogP contribution in [0.25, 0.3) is 0 Å². The molecule has 0 aliphatic heterocycles. The average molecular weight is 571 g/mol. The summed E-state index contributed by atoms with van der Waals surface area (Å²) >= 11 is 0. The Kier molecular flexibility index (Phi) is 6.95. The standard InChI is InChI=1S/C34H50O7/c1-20(35)40-19-31(6)25-9-12-33(8)27(30(25,5)11-10-26(31)41-21(2)36)24(37)17-22-23-18-29(3,4)13-15-34(23,28(38)39)16-14-32(22,33)7/h17,23,25-27H,9-16,18-19H2,1-8H3,(H,38,39)/t23-,25+,26-,27+,30-,31-,32+,33+,34-/m0/s1. The molecule has 4 saturated carbocycles. The second-order valence-corrected chi connectivity index (χ2v) is 16.1. The predicted molar refractivity (Wildman–Crippen MR) is 154 cm³/mol. The second-order valence-electron chi connectivity index (χ2n) is 16.1. The van der Waals surface area contributed by atoms with Crippen molar-refractivity contribution < 1.29 is 33.8 Å². The monoisotopic (exact) mass is 570 g/mol. The van der Waals surface area contributed by atoms with Crippen molar-refractivity contribution in [3.8, 4) is 0 Å². The Morgan fingerprint density at radius 3 is 2.17 bits per heavy atom. The van der Waals surface area contributed by atoms with Gasteiger partial charge in [0.25, 0.3) is 0 Å². The summed E-state index contributed by atoms with van der Waals surface area (Å²) in [5.74, 6) is -1.66. The zero-order valence-corrected chi connectivity index (χ0v) is 26.4. The van der Waals surface area contributed by atoms with E-state index in [-0.39, 0.29) is 63.7 Å². The number of hydrogen-bond donors (Lipinski definition) is 1. The Morgan fingerprint density at radius 2 is 1.56 bits per heavy atom. The Morgan fingerprint density at radius 1 is 0.902 bits per heavy atom. The van der Waals surface area contributed by atoms with Gasteiger partial charge in [-0.3, -0.25) is 19.2 Å². The van der Waals surface area contributed by atoms with E-state index >= 15 is 0 Å². The van der Waals surface area contributed by atoms with E-state index in [0.29, 0.717) is 19.3 Å². The Hall–Kier alpha value is -2.18. The third-order valence-corrected chi connectivity index (χ3v) is 13.4. The highest BCUT2D eigenvalue weighted by Gasteiger charge is 2.72. The minimum atomic E-state index is -0.796. The maximum Gasteiger partial charge on any atom is 0.310 e. The van der Waals surface area contributed by atoms with Crippen molar-refractivity contribution in [2.24, 2.45) is 50.2 Å². The van der Waals surface area contributed by atoms with E-state index in [2.05, 4.69) is 41.5 Å². The van der Waals surface area contributed by atoms with E-state index in [1.807, 2.05) is 6.08 Å². The Balaban J connectivity index is 1.60. The maximum atomic E-state index is 14.5. The van der Waals surface area contributed by atoms with Crippen LogP contribution in [-0.4, -0.2) is 41.5 Å². The first-order chi connectivity index (χ1) is 18.9. The first-order valence-corrected chi connectivity index (χ1v) is 15.7. The van der Waals surface area contributed by atoms with E-state index in [1.165, 1.54) is 13.8 Å². The molecule has 1 N–H and O–H groups in total. The number of ether oxygens (including phenoxy) is 2. The molecule has 7 heteroatoms. The Bertz CT molecular complexity index is 1200. The van der Waals surface area contributed by atoms with Crippen LogP contribution in [0, 0.1) is 50.2 Å². The molecule has 0 unspecified atom stereocenters. The molecule has 0 aromatic rings. The highest BCUT2D eigenvalue weighted by atomic mass is 16.6. The lowest BCUT2D eigenvalue weighted by molar-refractivity contribution is -0.223. The lowest BCUT2D eigenvalue weighted by atomic mass is 9.33. The van der Waals surface area contributed by atoms with Gasteiger partial charge in [0.15, 0.2) is 5.78 Å². The number of carboxylic acids is 1. The second kappa shape index (κ2) is 9.41. The van der Waals surface area contributed by atoms with Gasteiger partial charge >= 0.3 is 17.9 Å². The van der Waals surface area contributed by atoms with Crippen molar-refractivity contribution in [2.45, 2.75) is 119 Å². The number of carboxylic acid groups (broad SMARTS) is 1. The molecule has 0 bridgehead atoms. The summed E-state index contributed by atoms with van der Waals surface area (Å²) in [5.41, 5.74) is -1.29. The molecule has 9 atom stereocenters. The van der Waals surface area contributed by atoms with Crippen molar-refractivity contribution in [1.82, 2.24) is 0 Å². The van der Waals surface area contributed by atoms with E-state index in [0.717, 1.165) is 44.1 Å². The summed E-state index contributed by atoms with van der Waals surface area (Å²) in [6.45, 7) is 16.4. The third kappa shape index (κ3) is 4.17. The molecule has 5 aliphatic carbocycles. The molecule has 5 aliphatic rings. The van der Waals surface area contributed by atoms with Gasteiger partial charge in [-0.25, -0.2) is 0 Å². The largest absolute Gasteiger partial charge is 0.481 e. The maximum absolute atomic E-state index is 14.5. The van der Waals surface area contributed by atoms with Crippen LogP contribution in [-0.2, 0) is 28.7 Å². The molecule has 0 spiro atoms. The van der Waals surface area contributed by atoms with E-state index in [4.69, 9.17) is 9.47 Å². The summed E-state index contributed by atoms with van der Waals surface area (Å²) in [4.78, 5) is 51.5. The minimum absolute atomic E-state index is 0.0170. The summed E-state index contributed by atoms with van der Waals surface area (Å²) in [6, 6.07) is 0. The number of ketones is 1. The van der Waals surface area contributed by atoms with Gasteiger partial charge in [-0.2, -0.15) is 0 Å². The molecule has 7 nitrogen and oxygen atoms in total. The fourth-order valence-electron chi connectivity index (χ4n) is 11.1.